The third-order valence-corrected chi connectivity index (χ3v) is 3.04. The molecule has 3 N–H and O–H groups in total. The Kier molecular flexibility index (Phi) is 4.49. The molecule has 1 aliphatic heterocycles. The summed E-state index contributed by atoms with van der Waals surface area (Å²) in [5.41, 5.74) is -0.125. The van der Waals surface area contributed by atoms with Gasteiger partial charge in [-0.05, 0) is 6.07 Å². The Hall–Kier alpha value is -2.19. The summed E-state index contributed by atoms with van der Waals surface area (Å²) < 4.78 is 0. The molecule has 1 saturated heterocycles. The fraction of sp³-hybridized carbons (Fsp3) is 0.417. The molecule has 1 fully saturated rings. The molecule has 0 radical (unpaired) electrons. The van der Waals surface area contributed by atoms with Gasteiger partial charge >= 0.3 is 0 Å². The molecule has 0 bridgehead atoms. The molecule has 1 aliphatic rings. The molecule has 0 aliphatic carbocycles. The molecule has 8 heteroatoms. The number of nitro groups is 1. The lowest BCUT2D eigenvalue weighted by molar-refractivity contribution is -0.384. The molecule has 1 amide bonds. The highest BCUT2D eigenvalue weighted by Gasteiger charge is 2.16. The van der Waals surface area contributed by atoms with Crippen molar-refractivity contribution < 1.29 is 14.8 Å². The van der Waals surface area contributed by atoms with Gasteiger partial charge in [-0.2, -0.15) is 0 Å². The molecule has 0 saturated carbocycles. The highest BCUT2D eigenvalue weighted by Crippen LogP contribution is 2.27. The van der Waals surface area contributed by atoms with Crippen LogP contribution in [-0.2, 0) is 4.79 Å². The minimum absolute atomic E-state index is 0.0549. The zero-order valence-electron chi connectivity index (χ0n) is 10.8. The van der Waals surface area contributed by atoms with E-state index in [1.165, 1.54) is 12.1 Å². The van der Waals surface area contributed by atoms with Gasteiger partial charge in [0.2, 0.25) is 5.91 Å². The first kappa shape index (κ1) is 14.2. The number of benzene rings is 1. The number of carbonyl (C=O) groups excluding carboxylic acids is 1. The van der Waals surface area contributed by atoms with Crippen LogP contribution in [0.1, 0.15) is 0 Å². The number of aromatic hydroxyl groups is 1. The Labute approximate surface area is 115 Å². The van der Waals surface area contributed by atoms with Crippen LogP contribution in [0.5, 0.6) is 5.75 Å². The van der Waals surface area contributed by atoms with E-state index in [-0.39, 0.29) is 29.6 Å². The Morgan fingerprint density at radius 2 is 2.15 bits per heavy atom. The second-order valence-electron chi connectivity index (χ2n) is 4.53. The number of rotatable bonds is 4. The summed E-state index contributed by atoms with van der Waals surface area (Å²) in [5, 5.41) is 25.9. The van der Waals surface area contributed by atoms with Crippen LogP contribution in [0.2, 0.25) is 0 Å². The highest BCUT2D eigenvalue weighted by molar-refractivity contribution is 5.94. The van der Waals surface area contributed by atoms with E-state index in [0.29, 0.717) is 0 Å². The first-order chi connectivity index (χ1) is 9.56. The summed E-state index contributed by atoms with van der Waals surface area (Å²) in [5.74, 6) is -0.494. The minimum atomic E-state index is -0.578. The van der Waals surface area contributed by atoms with Gasteiger partial charge in [0.1, 0.15) is 5.75 Å². The number of anilines is 1. The summed E-state index contributed by atoms with van der Waals surface area (Å²) in [6.07, 6.45) is 0. The number of nitrogens with zero attached hydrogens (tertiary/aromatic N) is 2. The molecule has 1 aromatic rings. The lowest BCUT2D eigenvalue weighted by Gasteiger charge is -2.26. The SMILES string of the molecule is O=C(CN1CCNCC1)Nc1cc([N+](=O)[O-])ccc1O. The number of hydrogen-bond donors (Lipinski definition) is 3. The van der Waals surface area contributed by atoms with Crippen molar-refractivity contribution in [2.24, 2.45) is 0 Å². The van der Waals surface area contributed by atoms with E-state index in [2.05, 4.69) is 10.6 Å². The third kappa shape index (κ3) is 3.65. The van der Waals surface area contributed by atoms with Crippen molar-refractivity contribution in [3.63, 3.8) is 0 Å². The van der Waals surface area contributed by atoms with Crippen molar-refractivity contribution in [2.75, 3.05) is 38.0 Å². The van der Waals surface area contributed by atoms with Crippen molar-refractivity contribution >= 4 is 17.3 Å². The molecular weight excluding hydrogens is 264 g/mol. The lowest BCUT2D eigenvalue weighted by Crippen LogP contribution is -2.46. The van der Waals surface area contributed by atoms with Crippen LogP contribution in [0.15, 0.2) is 18.2 Å². The number of carbonyl (C=O) groups is 1. The van der Waals surface area contributed by atoms with Crippen LogP contribution in [0.4, 0.5) is 11.4 Å². The van der Waals surface area contributed by atoms with Crippen LogP contribution in [0, 0.1) is 10.1 Å². The Bertz CT molecular complexity index is 514. The Morgan fingerprint density at radius 3 is 2.80 bits per heavy atom. The summed E-state index contributed by atoms with van der Waals surface area (Å²) in [7, 11) is 0. The topological polar surface area (TPSA) is 108 Å². The lowest BCUT2D eigenvalue weighted by atomic mass is 10.2. The van der Waals surface area contributed by atoms with E-state index in [0.717, 1.165) is 32.2 Å². The smallest absolute Gasteiger partial charge is 0.271 e. The van der Waals surface area contributed by atoms with Crippen LogP contribution >= 0.6 is 0 Å². The second-order valence-corrected chi connectivity index (χ2v) is 4.53. The molecule has 2 rings (SSSR count). The molecule has 8 nitrogen and oxygen atoms in total. The number of nitrogens with one attached hydrogen (secondary N) is 2. The second kappa shape index (κ2) is 6.31. The van der Waals surface area contributed by atoms with E-state index in [1.807, 2.05) is 4.90 Å². The number of amides is 1. The fourth-order valence-electron chi connectivity index (χ4n) is 2.00. The zero-order chi connectivity index (χ0) is 14.5. The maximum atomic E-state index is 11.9. The maximum Gasteiger partial charge on any atom is 0.271 e. The number of phenolic OH excluding ortho intramolecular Hbond substituents is 1. The van der Waals surface area contributed by atoms with E-state index in [9.17, 15) is 20.0 Å². The van der Waals surface area contributed by atoms with Gasteiger partial charge in [0, 0.05) is 38.3 Å². The van der Waals surface area contributed by atoms with E-state index in [4.69, 9.17) is 0 Å². The van der Waals surface area contributed by atoms with Gasteiger partial charge in [-0.15, -0.1) is 0 Å². The van der Waals surface area contributed by atoms with Gasteiger partial charge in [-0.1, -0.05) is 0 Å². The van der Waals surface area contributed by atoms with E-state index in [1.54, 1.807) is 0 Å². The average Bonchev–Trinajstić information content (AvgIpc) is 2.42. The van der Waals surface area contributed by atoms with Crippen LogP contribution in [0.25, 0.3) is 0 Å². The number of non-ortho nitro benzene ring substituents is 1. The van der Waals surface area contributed by atoms with E-state index < -0.39 is 4.92 Å². The predicted molar refractivity (Wildman–Crippen MR) is 72.7 cm³/mol. The van der Waals surface area contributed by atoms with Crippen LogP contribution < -0.4 is 10.6 Å². The quantitative estimate of drug-likeness (QED) is 0.411. The largest absolute Gasteiger partial charge is 0.506 e. The Morgan fingerprint density at radius 1 is 1.45 bits per heavy atom. The summed E-state index contributed by atoms with van der Waals surface area (Å²) in [6.45, 7) is 3.40. The molecule has 0 aromatic heterocycles. The normalized spacial score (nSPS) is 15.8. The zero-order valence-corrected chi connectivity index (χ0v) is 10.8. The van der Waals surface area contributed by atoms with Gasteiger partial charge in [-0.25, -0.2) is 0 Å². The summed E-state index contributed by atoms with van der Waals surface area (Å²) >= 11 is 0. The predicted octanol–water partition coefficient (Wildman–Crippen LogP) is 0.144. The summed E-state index contributed by atoms with van der Waals surface area (Å²) in [4.78, 5) is 23.9. The number of phenols is 1. The maximum absolute atomic E-state index is 11.9. The van der Waals surface area contributed by atoms with Crippen molar-refractivity contribution in [3.05, 3.63) is 28.3 Å². The molecule has 0 spiro atoms. The van der Waals surface area contributed by atoms with Crippen molar-refractivity contribution in [1.29, 1.82) is 0 Å². The number of piperazine rings is 1. The standard InChI is InChI=1S/C12H16N4O4/c17-11-2-1-9(16(19)20)7-10(11)14-12(18)8-15-5-3-13-4-6-15/h1-2,7,13,17H,3-6,8H2,(H,14,18). The Balaban J connectivity index is 1.99. The third-order valence-electron chi connectivity index (χ3n) is 3.04. The fourth-order valence-corrected chi connectivity index (χ4v) is 2.00. The molecular formula is C12H16N4O4. The number of nitro benzene ring substituents is 1. The monoisotopic (exact) mass is 280 g/mol. The molecule has 0 unspecified atom stereocenters. The number of hydrogen-bond acceptors (Lipinski definition) is 6. The van der Waals surface area contributed by atoms with Gasteiger partial charge in [0.05, 0.1) is 17.2 Å². The van der Waals surface area contributed by atoms with E-state index >= 15 is 0 Å². The van der Waals surface area contributed by atoms with Gasteiger partial charge in [0.15, 0.2) is 0 Å². The summed E-state index contributed by atoms with van der Waals surface area (Å²) in [6, 6.07) is 3.52. The first-order valence-corrected chi connectivity index (χ1v) is 6.26. The van der Waals surface area contributed by atoms with Gasteiger partial charge < -0.3 is 15.7 Å². The molecule has 108 valence electrons. The first-order valence-electron chi connectivity index (χ1n) is 6.26. The van der Waals surface area contributed by atoms with Crippen molar-refractivity contribution in [1.82, 2.24) is 10.2 Å². The van der Waals surface area contributed by atoms with Gasteiger partial charge in [0.25, 0.3) is 5.69 Å². The molecule has 1 aromatic carbocycles. The molecule has 0 atom stereocenters. The van der Waals surface area contributed by atoms with Crippen LogP contribution in [0.3, 0.4) is 0 Å². The molecule has 1 heterocycles. The highest BCUT2D eigenvalue weighted by atomic mass is 16.6. The molecule has 20 heavy (non-hydrogen) atoms. The van der Waals surface area contributed by atoms with Crippen LogP contribution in [-0.4, -0.2) is 53.6 Å². The van der Waals surface area contributed by atoms with Gasteiger partial charge in [-0.3, -0.25) is 19.8 Å². The van der Waals surface area contributed by atoms with Crippen molar-refractivity contribution in [2.45, 2.75) is 0 Å². The average molecular weight is 280 g/mol. The minimum Gasteiger partial charge on any atom is -0.506 e. The van der Waals surface area contributed by atoms with Crippen molar-refractivity contribution in [3.8, 4) is 5.75 Å².